The summed E-state index contributed by atoms with van der Waals surface area (Å²) in [4.78, 5) is 15.1. The number of benzene rings is 2. The Balaban J connectivity index is 1.71. The van der Waals surface area contributed by atoms with Crippen molar-refractivity contribution in [2.45, 2.75) is 39.5 Å². The van der Waals surface area contributed by atoms with E-state index in [1.165, 1.54) is 0 Å². The fourth-order valence-electron chi connectivity index (χ4n) is 3.77. The van der Waals surface area contributed by atoms with Crippen LogP contribution in [0.5, 0.6) is 0 Å². The van der Waals surface area contributed by atoms with Gasteiger partial charge in [-0.15, -0.1) is 0 Å². The van der Waals surface area contributed by atoms with E-state index in [2.05, 4.69) is 26.0 Å². The molecular weight excluding hydrogens is 310 g/mol. The summed E-state index contributed by atoms with van der Waals surface area (Å²) < 4.78 is 6.37. The molecule has 1 heterocycles. The zero-order valence-corrected chi connectivity index (χ0v) is 14.7. The summed E-state index contributed by atoms with van der Waals surface area (Å²) in [5.41, 5.74) is 3.07. The van der Waals surface area contributed by atoms with Crippen LogP contribution in [-0.4, -0.2) is 10.8 Å². The van der Waals surface area contributed by atoms with Crippen molar-refractivity contribution in [1.29, 1.82) is 0 Å². The minimum atomic E-state index is -0.360. The first-order valence-corrected chi connectivity index (χ1v) is 8.82. The van der Waals surface area contributed by atoms with Crippen LogP contribution in [0.3, 0.4) is 0 Å². The first-order valence-electron chi connectivity index (χ1n) is 8.82. The number of nitrogens with zero attached hydrogens (tertiary/aromatic N) is 1. The molecule has 0 fully saturated rings. The van der Waals surface area contributed by atoms with Crippen molar-refractivity contribution in [2.75, 3.05) is 0 Å². The zero-order chi connectivity index (χ0) is 17.4. The number of amides is 1. The number of hydrogen-bond acceptors (Lipinski definition) is 2. The number of allylic oxidation sites excluding steroid dienone is 1. The van der Waals surface area contributed by atoms with Crippen LogP contribution in [-0.2, 0) is 16.1 Å². The Morgan fingerprint density at radius 1 is 1.00 bits per heavy atom. The van der Waals surface area contributed by atoms with E-state index < -0.39 is 0 Å². The van der Waals surface area contributed by atoms with E-state index in [-0.39, 0.29) is 17.6 Å². The van der Waals surface area contributed by atoms with Gasteiger partial charge in [0.2, 0.25) is 6.23 Å². The second kappa shape index (κ2) is 6.07. The number of carbonyl (C=O) groups excluding carboxylic acids is 1. The van der Waals surface area contributed by atoms with Crippen molar-refractivity contribution < 1.29 is 9.53 Å². The molecule has 1 aliphatic heterocycles. The topological polar surface area (TPSA) is 29.5 Å². The molecule has 0 saturated carbocycles. The Bertz CT molecular complexity index is 808. The third-order valence-electron chi connectivity index (χ3n) is 4.97. The normalized spacial score (nSPS) is 21.9. The van der Waals surface area contributed by atoms with Crippen molar-refractivity contribution in [3.63, 3.8) is 0 Å². The van der Waals surface area contributed by atoms with E-state index in [1.807, 2.05) is 53.4 Å². The van der Waals surface area contributed by atoms with E-state index in [9.17, 15) is 4.79 Å². The van der Waals surface area contributed by atoms with Gasteiger partial charge in [-0.2, -0.15) is 0 Å². The molecule has 1 amide bonds. The number of carbonyl (C=O) groups is 1. The number of rotatable bonds is 3. The molecule has 3 heteroatoms. The Hall–Kier alpha value is -2.55. The van der Waals surface area contributed by atoms with Gasteiger partial charge in [-0.25, -0.2) is 0 Å². The van der Waals surface area contributed by atoms with Crippen LogP contribution in [0.4, 0.5) is 0 Å². The first-order chi connectivity index (χ1) is 12.0. The summed E-state index contributed by atoms with van der Waals surface area (Å²) in [7, 11) is 0. The highest BCUT2D eigenvalue weighted by Gasteiger charge is 2.43. The second-order valence-electron chi connectivity index (χ2n) is 7.72. The fourth-order valence-corrected chi connectivity index (χ4v) is 3.77. The van der Waals surface area contributed by atoms with Gasteiger partial charge in [0, 0.05) is 18.5 Å². The van der Waals surface area contributed by atoms with Gasteiger partial charge in [-0.1, -0.05) is 74.5 Å². The lowest BCUT2D eigenvalue weighted by atomic mass is 9.89. The standard InChI is InChI=1S/C22H23NO2/c1-22(2)13-18-19(14-22)25-21(17-11-7-4-8-12-17)23(20(18)24)15-16-9-5-3-6-10-16/h3-12,21H,13-15H2,1-2H3. The summed E-state index contributed by atoms with van der Waals surface area (Å²) in [5, 5.41) is 0. The fraction of sp³-hybridized carbons (Fsp3) is 0.318. The van der Waals surface area contributed by atoms with Gasteiger partial charge in [-0.3, -0.25) is 9.69 Å². The average molecular weight is 333 g/mol. The molecule has 128 valence electrons. The van der Waals surface area contributed by atoms with Crippen LogP contribution in [0, 0.1) is 5.41 Å². The van der Waals surface area contributed by atoms with Crippen LogP contribution in [0.1, 0.15) is 44.0 Å². The highest BCUT2D eigenvalue weighted by Crippen LogP contribution is 2.47. The minimum absolute atomic E-state index is 0.0876. The molecule has 3 nitrogen and oxygen atoms in total. The molecule has 25 heavy (non-hydrogen) atoms. The lowest BCUT2D eigenvalue weighted by Gasteiger charge is -2.37. The maximum absolute atomic E-state index is 13.3. The number of ether oxygens (including phenoxy) is 1. The van der Waals surface area contributed by atoms with Gasteiger partial charge in [-0.05, 0) is 17.4 Å². The van der Waals surface area contributed by atoms with Crippen LogP contribution in [0.2, 0.25) is 0 Å². The van der Waals surface area contributed by atoms with Crippen molar-refractivity contribution in [1.82, 2.24) is 4.90 Å². The van der Waals surface area contributed by atoms with E-state index in [0.29, 0.717) is 6.54 Å². The highest BCUT2D eigenvalue weighted by molar-refractivity contribution is 5.95. The van der Waals surface area contributed by atoms with Gasteiger partial charge < -0.3 is 4.74 Å². The van der Waals surface area contributed by atoms with Crippen LogP contribution in [0.15, 0.2) is 72.0 Å². The lowest BCUT2D eigenvalue weighted by molar-refractivity contribution is -0.145. The molecule has 4 rings (SSSR count). The lowest BCUT2D eigenvalue weighted by Crippen LogP contribution is -2.40. The van der Waals surface area contributed by atoms with Crippen LogP contribution in [0.25, 0.3) is 0 Å². The third kappa shape index (κ3) is 3.07. The molecule has 1 atom stereocenters. The molecule has 0 aromatic heterocycles. The molecule has 2 aromatic carbocycles. The molecule has 2 aliphatic rings. The maximum Gasteiger partial charge on any atom is 0.256 e. The van der Waals surface area contributed by atoms with Gasteiger partial charge in [0.05, 0.1) is 5.57 Å². The second-order valence-corrected chi connectivity index (χ2v) is 7.72. The molecule has 1 unspecified atom stereocenters. The monoisotopic (exact) mass is 333 g/mol. The van der Waals surface area contributed by atoms with Gasteiger partial charge >= 0.3 is 0 Å². The third-order valence-corrected chi connectivity index (χ3v) is 4.97. The maximum atomic E-state index is 13.3. The molecule has 2 aromatic rings. The number of hydrogen-bond donors (Lipinski definition) is 0. The van der Waals surface area contributed by atoms with E-state index in [4.69, 9.17) is 4.74 Å². The Kier molecular flexibility index (Phi) is 3.87. The van der Waals surface area contributed by atoms with Gasteiger partial charge in [0.15, 0.2) is 0 Å². The summed E-state index contributed by atoms with van der Waals surface area (Å²) in [6, 6.07) is 20.1. The van der Waals surface area contributed by atoms with E-state index in [1.54, 1.807) is 0 Å². The van der Waals surface area contributed by atoms with Crippen molar-refractivity contribution in [3.8, 4) is 0 Å². The predicted octanol–water partition coefficient (Wildman–Crippen LogP) is 4.82. The largest absolute Gasteiger partial charge is 0.470 e. The quantitative estimate of drug-likeness (QED) is 0.806. The zero-order valence-electron chi connectivity index (χ0n) is 14.7. The summed E-state index contributed by atoms with van der Waals surface area (Å²) in [6.45, 7) is 4.94. The molecule has 0 N–H and O–H groups in total. The summed E-state index contributed by atoms with van der Waals surface area (Å²) in [5.74, 6) is 0.998. The molecule has 0 bridgehead atoms. The van der Waals surface area contributed by atoms with Crippen LogP contribution < -0.4 is 0 Å². The Morgan fingerprint density at radius 3 is 2.32 bits per heavy atom. The van der Waals surface area contributed by atoms with Gasteiger partial charge in [0.1, 0.15) is 5.76 Å². The Labute approximate surface area is 148 Å². The Morgan fingerprint density at radius 2 is 1.64 bits per heavy atom. The molecule has 0 saturated heterocycles. The molecule has 0 radical (unpaired) electrons. The van der Waals surface area contributed by atoms with Crippen molar-refractivity contribution in [3.05, 3.63) is 83.1 Å². The van der Waals surface area contributed by atoms with E-state index >= 15 is 0 Å². The highest BCUT2D eigenvalue weighted by atomic mass is 16.5. The average Bonchev–Trinajstić information content (AvgIpc) is 2.93. The molecule has 0 spiro atoms. The predicted molar refractivity (Wildman–Crippen MR) is 97.3 cm³/mol. The smallest absolute Gasteiger partial charge is 0.256 e. The molecule has 1 aliphatic carbocycles. The van der Waals surface area contributed by atoms with Crippen molar-refractivity contribution in [2.24, 2.45) is 5.41 Å². The summed E-state index contributed by atoms with van der Waals surface area (Å²) >= 11 is 0. The molecular formula is C22H23NO2. The first kappa shape index (κ1) is 15.9. The summed E-state index contributed by atoms with van der Waals surface area (Å²) in [6.07, 6.45) is 1.26. The van der Waals surface area contributed by atoms with E-state index in [0.717, 1.165) is 35.3 Å². The SMILES string of the molecule is CC1(C)CC2=C(C1)C(=O)N(Cc1ccccc1)C(c1ccccc1)O2. The van der Waals surface area contributed by atoms with Gasteiger partial charge in [0.25, 0.3) is 5.91 Å². The minimum Gasteiger partial charge on any atom is -0.470 e. The van der Waals surface area contributed by atoms with Crippen LogP contribution >= 0.6 is 0 Å². The van der Waals surface area contributed by atoms with Crippen molar-refractivity contribution >= 4 is 5.91 Å².